The summed E-state index contributed by atoms with van der Waals surface area (Å²) >= 11 is 0. The molecule has 1 aromatic carbocycles. The van der Waals surface area contributed by atoms with Gasteiger partial charge in [-0.25, -0.2) is 4.39 Å². The van der Waals surface area contributed by atoms with Crippen LogP contribution in [0.2, 0.25) is 0 Å². The molecule has 0 saturated heterocycles. The van der Waals surface area contributed by atoms with Crippen LogP contribution < -0.4 is 5.32 Å². The Kier molecular flexibility index (Phi) is 5.10. The smallest absolute Gasteiger partial charge is 0.253 e. The van der Waals surface area contributed by atoms with Gasteiger partial charge in [-0.05, 0) is 31.0 Å². The number of ether oxygens (including phenoxy) is 1. The fraction of sp³-hybridized carbons (Fsp3) is 0.462. The summed E-state index contributed by atoms with van der Waals surface area (Å²) < 4.78 is 18.3. The Balaban J connectivity index is 2.48. The highest BCUT2D eigenvalue weighted by Gasteiger charge is 2.14. The summed E-state index contributed by atoms with van der Waals surface area (Å²) in [6.45, 7) is 6.23. The number of carbonyl (C=O) groups is 1. The fourth-order valence-corrected chi connectivity index (χ4v) is 1.22. The second-order valence-corrected chi connectivity index (χ2v) is 4.37. The number of nitrogens with one attached hydrogen (secondary N) is 1. The number of carbonyl (C=O) groups excluding carboxylic acids is 1. The number of rotatable bonds is 5. The van der Waals surface area contributed by atoms with Gasteiger partial charge in [-0.1, -0.05) is 19.9 Å². The van der Waals surface area contributed by atoms with Crippen LogP contribution in [-0.2, 0) is 9.53 Å². The molecule has 1 amide bonds. The monoisotopic (exact) mass is 239 g/mol. The Bertz CT molecular complexity index is 379. The van der Waals surface area contributed by atoms with Gasteiger partial charge in [0.2, 0.25) is 0 Å². The second-order valence-electron chi connectivity index (χ2n) is 4.37. The molecule has 0 spiro atoms. The average Bonchev–Trinajstić information content (AvgIpc) is 2.25. The first kappa shape index (κ1) is 13.6. The molecule has 1 aromatic rings. The van der Waals surface area contributed by atoms with E-state index < -0.39 is 6.10 Å². The molecule has 94 valence electrons. The molecule has 0 aliphatic carbocycles. The Labute approximate surface area is 101 Å². The molecule has 0 heterocycles. The molecule has 0 aromatic heterocycles. The molecule has 1 rings (SSSR count). The van der Waals surface area contributed by atoms with Crippen LogP contribution in [0.4, 0.5) is 10.1 Å². The second kappa shape index (κ2) is 6.35. The lowest BCUT2D eigenvalue weighted by Crippen LogP contribution is -2.28. The largest absolute Gasteiger partial charge is 0.368 e. The Morgan fingerprint density at radius 2 is 2.12 bits per heavy atom. The van der Waals surface area contributed by atoms with Crippen molar-refractivity contribution in [2.75, 3.05) is 11.9 Å². The minimum absolute atomic E-state index is 0.267. The summed E-state index contributed by atoms with van der Waals surface area (Å²) in [7, 11) is 0. The first-order chi connectivity index (χ1) is 7.99. The molecule has 1 N–H and O–H groups in total. The van der Waals surface area contributed by atoms with E-state index in [1.54, 1.807) is 19.1 Å². The zero-order chi connectivity index (χ0) is 12.8. The maximum atomic E-state index is 12.9. The minimum Gasteiger partial charge on any atom is -0.368 e. The van der Waals surface area contributed by atoms with Crippen molar-refractivity contribution in [3.05, 3.63) is 30.1 Å². The molecule has 0 bridgehead atoms. The highest BCUT2D eigenvalue weighted by Crippen LogP contribution is 2.10. The lowest BCUT2D eigenvalue weighted by molar-refractivity contribution is -0.126. The van der Waals surface area contributed by atoms with Crippen molar-refractivity contribution in [3.63, 3.8) is 0 Å². The van der Waals surface area contributed by atoms with E-state index in [0.717, 1.165) is 0 Å². The van der Waals surface area contributed by atoms with Gasteiger partial charge in [-0.3, -0.25) is 4.79 Å². The molecule has 0 fully saturated rings. The van der Waals surface area contributed by atoms with Crippen LogP contribution in [0, 0.1) is 11.7 Å². The van der Waals surface area contributed by atoms with Gasteiger partial charge in [0.25, 0.3) is 5.91 Å². The zero-order valence-electron chi connectivity index (χ0n) is 10.4. The summed E-state index contributed by atoms with van der Waals surface area (Å²) in [5.41, 5.74) is 0.440. The van der Waals surface area contributed by atoms with Crippen molar-refractivity contribution in [1.29, 1.82) is 0 Å². The molecule has 3 nitrogen and oxygen atoms in total. The third-order valence-electron chi connectivity index (χ3n) is 2.14. The van der Waals surface area contributed by atoms with Crippen LogP contribution in [0.5, 0.6) is 0 Å². The lowest BCUT2D eigenvalue weighted by atomic mass is 10.2. The average molecular weight is 239 g/mol. The molecule has 0 saturated carbocycles. The van der Waals surface area contributed by atoms with E-state index in [4.69, 9.17) is 4.74 Å². The van der Waals surface area contributed by atoms with Crippen LogP contribution >= 0.6 is 0 Å². The summed E-state index contributed by atoms with van der Waals surface area (Å²) in [4.78, 5) is 11.7. The van der Waals surface area contributed by atoms with E-state index in [-0.39, 0.29) is 11.7 Å². The number of amides is 1. The first-order valence-corrected chi connectivity index (χ1v) is 5.67. The van der Waals surface area contributed by atoms with E-state index in [1.807, 2.05) is 13.8 Å². The number of hydrogen-bond acceptors (Lipinski definition) is 2. The van der Waals surface area contributed by atoms with E-state index in [0.29, 0.717) is 18.2 Å². The van der Waals surface area contributed by atoms with Gasteiger partial charge in [0.15, 0.2) is 0 Å². The molecular formula is C13H18FNO2. The highest BCUT2D eigenvalue weighted by molar-refractivity contribution is 5.93. The van der Waals surface area contributed by atoms with E-state index in [9.17, 15) is 9.18 Å². The van der Waals surface area contributed by atoms with E-state index in [1.165, 1.54) is 12.1 Å². The van der Waals surface area contributed by atoms with Crippen molar-refractivity contribution in [2.45, 2.75) is 26.9 Å². The number of halogens is 1. The third-order valence-corrected chi connectivity index (χ3v) is 2.14. The van der Waals surface area contributed by atoms with Gasteiger partial charge < -0.3 is 10.1 Å². The normalized spacial score (nSPS) is 12.5. The van der Waals surface area contributed by atoms with Gasteiger partial charge in [0.1, 0.15) is 11.9 Å². The SMILES string of the molecule is CC(C)CO[C@H](C)C(=O)Nc1cccc(F)c1. The number of hydrogen-bond donors (Lipinski definition) is 1. The van der Waals surface area contributed by atoms with Gasteiger partial charge in [-0.2, -0.15) is 0 Å². The van der Waals surface area contributed by atoms with Crippen molar-refractivity contribution in [1.82, 2.24) is 0 Å². The molecule has 0 radical (unpaired) electrons. The van der Waals surface area contributed by atoms with Crippen molar-refractivity contribution in [3.8, 4) is 0 Å². The predicted molar refractivity (Wildman–Crippen MR) is 65.3 cm³/mol. The summed E-state index contributed by atoms with van der Waals surface area (Å²) in [5, 5.41) is 2.60. The molecule has 1 atom stereocenters. The van der Waals surface area contributed by atoms with Crippen molar-refractivity contribution in [2.24, 2.45) is 5.92 Å². The van der Waals surface area contributed by atoms with E-state index >= 15 is 0 Å². The summed E-state index contributed by atoms with van der Waals surface area (Å²) in [6.07, 6.45) is -0.541. The van der Waals surface area contributed by atoms with Crippen LogP contribution in [0.1, 0.15) is 20.8 Å². The molecule has 0 unspecified atom stereocenters. The number of benzene rings is 1. The topological polar surface area (TPSA) is 38.3 Å². The Morgan fingerprint density at radius 3 is 2.71 bits per heavy atom. The van der Waals surface area contributed by atoms with Crippen LogP contribution in [0.3, 0.4) is 0 Å². The molecule has 4 heteroatoms. The predicted octanol–water partition coefficient (Wildman–Crippen LogP) is 2.83. The highest BCUT2D eigenvalue weighted by atomic mass is 19.1. The molecule has 0 aliphatic heterocycles. The quantitative estimate of drug-likeness (QED) is 0.858. The van der Waals surface area contributed by atoms with Gasteiger partial charge >= 0.3 is 0 Å². The maximum Gasteiger partial charge on any atom is 0.253 e. The molecule has 17 heavy (non-hydrogen) atoms. The van der Waals surface area contributed by atoms with Crippen molar-refractivity contribution >= 4 is 11.6 Å². The van der Waals surface area contributed by atoms with Crippen molar-refractivity contribution < 1.29 is 13.9 Å². The maximum absolute atomic E-state index is 12.9. The molecule has 0 aliphatic rings. The van der Waals surface area contributed by atoms with E-state index in [2.05, 4.69) is 5.32 Å². The van der Waals surface area contributed by atoms with Gasteiger partial charge in [0.05, 0.1) is 0 Å². The third kappa shape index (κ3) is 4.95. The van der Waals surface area contributed by atoms with Crippen LogP contribution in [0.15, 0.2) is 24.3 Å². The first-order valence-electron chi connectivity index (χ1n) is 5.67. The lowest BCUT2D eigenvalue weighted by Gasteiger charge is -2.14. The summed E-state index contributed by atoms with van der Waals surface area (Å²) in [5.74, 6) is -0.269. The Morgan fingerprint density at radius 1 is 1.41 bits per heavy atom. The van der Waals surface area contributed by atoms with Crippen LogP contribution in [-0.4, -0.2) is 18.6 Å². The zero-order valence-corrected chi connectivity index (χ0v) is 10.4. The Hall–Kier alpha value is -1.42. The van der Waals surface area contributed by atoms with Crippen LogP contribution in [0.25, 0.3) is 0 Å². The minimum atomic E-state index is -0.541. The van der Waals surface area contributed by atoms with Gasteiger partial charge in [-0.15, -0.1) is 0 Å². The number of anilines is 1. The van der Waals surface area contributed by atoms with Gasteiger partial charge in [0, 0.05) is 12.3 Å². The fourth-order valence-electron chi connectivity index (χ4n) is 1.22. The molecular weight excluding hydrogens is 221 g/mol. The summed E-state index contributed by atoms with van der Waals surface area (Å²) in [6, 6.07) is 5.78. The standard InChI is InChI=1S/C13H18FNO2/c1-9(2)8-17-10(3)13(16)15-12-6-4-5-11(14)7-12/h4-7,9-10H,8H2,1-3H3,(H,15,16)/t10-/m1/s1.